The molecule has 0 unspecified atom stereocenters. The Balaban J connectivity index is 1.58. The molecule has 0 spiro atoms. The molecule has 0 N–H and O–H groups in total. The average molecular weight is 498 g/mol. The minimum absolute atomic E-state index is 0.0319. The van der Waals surface area contributed by atoms with E-state index >= 15 is 0 Å². The van der Waals surface area contributed by atoms with Gasteiger partial charge in [-0.25, -0.2) is 12.8 Å². The van der Waals surface area contributed by atoms with Crippen molar-refractivity contribution < 1.29 is 27.0 Å². The van der Waals surface area contributed by atoms with Crippen LogP contribution in [0.3, 0.4) is 0 Å². The smallest absolute Gasteiger partial charge is 0.243 e. The molecule has 0 aliphatic carbocycles. The molecule has 35 heavy (non-hydrogen) atoms. The van der Waals surface area contributed by atoms with Crippen LogP contribution in [-0.2, 0) is 21.3 Å². The lowest BCUT2D eigenvalue weighted by Crippen LogP contribution is -2.33. The third-order valence-electron chi connectivity index (χ3n) is 6.47. The largest absolute Gasteiger partial charge is 0.488 e. The van der Waals surface area contributed by atoms with Crippen molar-refractivity contribution in [2.45, 2.75) is 37.8 Å². The highest BCUT2D eigenvalue weighted by Gasteiger charge is 2.31. The highest BCUT2D eigenvalue weighted by atomic mass is 32.2. The quantitative estimate of drug-likeness (QED) is 0.504. The van der Waals surface area contributed by atoms with Crippen molar-refractivity contribution >= 4 is 10.0 Å². The molecule has 1 fully saturated rings. The number of sulfonamides is 1. The van der Waals surface area contributed by atoms with Gasteiger partial charge in [0.1, 0.15) is 18.5 Å². The summed E-state index contributed by atoms with van der Waals surface area (Å²) in [6.07, 6.45) is 0.691. The van der Waals surface area contributed by atoms with Crippen LogP contribution in [0.4, 0.5) is 4.39 Å². The first-order valence-corrected chi connectivity index (χ1v) is 13.1. The second-order valence-electron chi connectivity index (χ2n) is 8.98. The lowest BCUT2D eigenvalue weighted by atomic mass is 9.98. The van der Waals surface area contributed by atoms with Gasteiger partial charge in [-0.05, 0) is 60.4 Å². The number of rotatable bonds is 5. The summed E-state index contributed by atoms with van der Waals surface area (Å²) < 4.78 is 60.3. The number of hydrogen-bond acceptors (Lipinski definition) is 5. The van der Waals surface area contributed by atoms with Crippen molar-refractivity contribution in [3.05, 3.63) is 77.1 Å². The fraction of sp³-hybridized carbons (Fsp3) is 0.333. The SMILES string of the molecule is Cc1ccccc1-c1cc2c(c(O[C@@H]3CCOC3)c1)OCCN(S(=O)(=O)c1cc(F)ccc1C)C2. The summed E-state index contributed by atoms with van der Waals surface area (Å²) in [5.41, 5.74) is 4.24. The molecule has 1 saturated heterocycles. The Labute approximate surface area is 205 Å². The summed E-state index contributed by atoms with van der Waals surface area (Å²) in [6, 6.07) is 15.8. The number of fused-ring (bicyclic) bond motifs is 1. The maximum atomic E-state index is 14.0. The Morgan fingerprint density at radius 1 is 1.03 bits per heavy atom. The van der Waals surface area contributed by atoms with Crippen molar-refractivity contribution in [3.63, 3.8) is 0 Å². The topological polar surface area (TPSA) is 65.1 Å². The van der Waals surface area contributed by atoms with Crippen LogP contribution in [0.5, 0.6) is 11.5 Å². The van der Waals surface area contributed by atoms with Crippen LogP contribution < -0.4 is 9.47 Å². The minimum atomic E-state index is -3.95. The molecular weight excluding hydrogens is 469 g/mol. The van der Waals surface area contributed by atoms with E-state index in [-0.39, 0.29) is 30.7 Å². The molecule has 2 heterocycles. The van der Waals surface area contributed by atoms with Gasteiger partial charge in [-0.3, -0.25) is 0 Å². The molecule has 0 aromatic heterocycles. The second-order valence-corrected chi connectivity index (χ2v) is 10.9. The van der Waals surface area contributed by atoms with E-state index in [4.69, 9.17) is 14.2 Å². The summed E-state index contributed by atoms with van der Waals surface area (Å²) in [7, 11) is -3.95. The fourth-order valence-electron chi connectivity index (χ4n) is 4.58. The number of hydrogen-bond donors (Lipinski definition) is 0. The van der Waals surface area contributed by atoms with E-state index in [0.29, 0.717) is 35.8 Å². The Morgan fingerprint density at radius 3 is 2.63 bits per heavy atom. The zero-order valence-electron chi connectivity index (χ0n) is 19.8. The van der Waals surface area contributed by atoms with Crippen molar-refractivity contribution in [1.82, 2.24) is 4.31 Å². The van der Waals surface area contributed by atoms with Crippen molar-refractivity contribution in [2.24, 2.45) is 0 Å². The van der Waals surface area contributed by atoms with E-state index in [1.54, 1.807) is 6.92 Å². The summed E-state index contributed by atoms with van der Waals surface area (Å²) in [4.78, 5) is -0.0319. The van der Waals surface area contributed by atoms with Crippen LogP contribution in [0.15, 0.2) is 59.5 Å². The van der Waals surface area contributed by atoms with E-state index in [1.165, 1.54) is 16.4 Å². The van der Waals surface area contributed by atoms with Gasteiger partial charge < -0.3 is 14.2 Å². The Hall–Kier alpha value is -2.94. The molecule has 3 aromatic carbocycles. The van der Waals surface area contributed by atoms with Gasteiger partial charge in [-0.1, -0.05) is 30.3 Å². The van der Waals surface area contributed by atoms with Crippen LogP contribution >= 0.6 is 0 Å². The van der Waals surface area contributed by atoms with Gasteiger partial charge in [0.05, 0.1) is 18.1 Å². The first-order valence-electron chi connectivity index (χ1n) is 11.7. The molecular formula is C27H28FNO5S. The molecule has 8 heteroatoms. The van der Waals surface area contributed by atoms with Gasteiger partial charge in [0.15, 0.2) is 11.5 Å². The zero-order chi connectivity index (χ0) is 24.6. The highest BCUT2D eigenvalue weighted by molar-refractivity contribution is 7.89. The van der Waals surface area contributed by atoms with Crippen LogP contribution in [0, 0.1) is 19.7 Å². The maximum Gasteiger partial charge on any atom is 0.243 e. The molecule has 5 rings (SSSR count). The molecule has 0 saturated carbocycles. The predicted octanol–water partition coefficient (Wildman–Crippen LogP) is 4.86. The van der Waals surface area contributed by atoms with Crippen LogP contribution in [0.1, 0.15) is 23.1 Å². The summed E-state index contributed by atoms with van der Waals surface area (Å²) in [5.74, 6) is 0.539. The molecule has 0 bridgehead atoms. The van der Waals surface area contributed by atoms with Crippen LogP contribution in [-0.4, -0.2) is 45.2 Å². The van der Waals surface area contributed by atoms with Gasteiger partial charge in [0, 0.05) is 25.1 Å². The molecule has 0 amide bonds. The first-order chi connectivity index (χ1) is 16.8. The van der Waals surface area contributed by atoms with Gasteiger partial charge in [-0.15, -0.1) is 0 Å². The molecule has 6 nitrogen and oxygen atoms in total. The monoisotopic (exact) mass is 497 g/mol. The summed E-state index contributed by atoms with van der Waals surface area (Å²) in [6.45, 7) is 5.23. The molecule has 1 atom stereocenters. The second kappa shape index (κ2) is 9.60. The van der Waals surface area contributed by atoms with Gasteiger partial charge in [0.2, 0.25) is 10.0 Å². The molecule has 184 valence electrons. The van der Waals surface area contributed by atoms with Crippen molar-refractivity contribution in [2.75, 3.05) is 26.4 Å². The number of benzene rings is 3. The summed E-state index contributed by atoms with van der Waals surface area (Å²) in [5, 5.41) is 0. The molecule has 2 aliphatic rings. The lowest BCUT2D eigenvalue weighted by Gasteiger charge is -2.22. The zero-order valence-corrected chi connectivity index (χ0v) is 20.6. The van der Waals surface area contributed by atoms with E-state index < -0.39 is 15.8 Å². The van der Waals surface area contributed by atoms with Crippen molar-refractivity contribution in [3.8, 4) is 22.6 Å². The number of halogens is 1. The standard InChI is InChI=1S/C27H28FNO5S/c1-18-5-3-4-6-24(18)20-13-21-16-29(35(30,31)26-15-22(28)8-7-19(26)2)10-12-33-27(21)25(14-20)34-23-9-11-32-17-23/h3-8,13-15,23H,9-12,16-17H2,1-2H3/t23-/m1/s1. The fourth-order valence-corrected chi connectivity index (χ4v) is 6.22. The van der Waals surface area contributed by atoms with Gasteiger partial charge in [0.25, 0.3) is 0 Å². The lowest BCUT2D eigenvalue weighted by molar-refractivity contribution is 0.137. The Kier molecular flexibility index (Phi) is 6.53. The normalized spacial score (nSPS) is 18.5. The van der Waals surface area contributed by atoms with Crippen LogP contribution in [0.2, 0.25) is 0 Å². The molecule has 3 aromatic rings. The molecule has 0 radical (unpaired) electrons. The third-order valence-corrected chi connectivity index (χ3v) is 8.46. The Morgan fingerprint density at radius 2 is 1.86 bits per heavy atom. The summed E-state index contributed by atoms with van der Waals surface area (Å²) >= 11 is 0. The first kappa shape index (κ1) is 23.8. The Bertz CT molecular complexity index is 1350. The van der Waals surface area contributed by atoms with Gasteiger partial charge in [-0.2, -0.15) is 4.31 Å². The number of ether oxygens (including phenoxy) is 3. The number of nitrogens with zero attached hydrogens (tertiary/aromatic N) is 1. The predicted molar refractivity (Wildman–Crippen MR) is 131 cm³/mol. The number of aryl methyl sites for hydroxylation is 2. The van der Waals surface area contributed by atoms with Crippen LogP contribution in [0.25, 0.3) is 11.1 Å². The van der Waals surface area contributed by atoms with E-state index in [9.17, 15) is 12.8 Å². The third kappa shape index (κ3) is 4.78. The minimum Gasteiger partial charge on any atom is -0.488 e. The van der Waals surface area contributed by atoms with Crippen molar-refractivity contribution in [1.29, 1.82) is 0 Å². The molecule has 2 aliphatic heterocycles. The van der Waals surface area contributed by atoms with Gasteiger partial charge >= 0.3 is 0 Å². The van der Waals surface area contributed by atoms with E-state index in [1.807, 2.05) is 43.3 Å². The highest BCUT2D eigenvalue weighted by Crippen LogP contribution is 2.41. The van der Waals surface area contributed by atoms with E-state index in [0.717, 1.165) is 29.2 Å². The maximum absolute atomic E-state index is 14.0. The average Bonchev–Trinajstić information content (AvgIpc) is 3.24. The van der Waals surface area contributed by atoms with E-state index in [2.05, 4.69) is 0 Å².